The summed E-state index contributed by atoms with van der Waals surface area (Å²) in [4.78, 5) is 4.44. The summed E-state index contributed by atoms with van der Waals surface area (Å²) in [5, 5.41) is 0. The lowest BCUT2D eigenvalue weighted by Crippen LogP contribution is -1.97. The van der Waals surface area contributed by atoms with Crippen LogP contribution in [0.2, 0.25) is 0 Å². The van der Waals surface area contributed by atoms with Crippen molar-refractivity contribution in [3.63, 3.8) is 0 Å². The molecule has 0 N–H and O–H groups in total. The molecule has 1 aromatic carbocycles. The molecule has 0 radical (unpaired) electrons. The van der Waals surface area contributed by atoms with Crippen molar-refractivity contribution in [3.05, 3.63) is 59.4 Å². The summed E-state index contributed by atoms with van der Waals surface area (Å²) in [7, 11) is 1.71. The Morgan fingerprint density at radius 3 is 2.67 bits per heavy atom. The molecular weight excluding hydrogens is 222 g/mol. The first-order valence-electron chi connectivity index (χ1n) is 6.27. The molecule has 0 fully saturated rings. The van der Waals surface area contributed by atoms with Gasteiger partial charge < -0.3 is 4.74 Å². The van der Waals surface area contributed by atoms with Gasteiger partial charge in [0.05, 0.1) is 7.11 Å². The molecule has 0 atom stereocenters. The Balaban J connectivity index is 2.25. The molecule has 0 unspecified atom stereocenters. The Morgan fingerprint density at radius 1 is 1.17 bits per heavy atom. The molecule has 0 aliphatic carbocycles. The number of nitrogens with zero attached hydrogens (tertiary/aromatic N) is 1. The predicted octanol–water partition coefficient (Wildman–Crippen LogP) is 3.80. The second-order valence-corrected chi connectivity index (χ2v) is 4.72. The largest absolute Gasteiger partial charge is 0.496 e. The van der Waals surface area contributed by atoms with E-state index in [1.807, 2.05) is 24.4 Å². The van der Waals surface area contributed by atoms with Crippen LogP contribution in [-0.2, 0) is 6.42 Å². The maximum atomic E-state index is 5.37. The molecular formula is C16H19NO. The van der Waals surface area contributed by atoms with Gasteiger partial charge in [-0.05, 0) is 29.7 Å². The van der Waals surface area contributed by atoms with E-state index in [0.717, 1.165) is 17.9 Å². The van der Waals surface area contributed by atoms with Crippen molar-refractivity contribution in [1.29, 1.82) is 0 Å². The smallest absolute Gasteiger partial charge is 0.122 e. The highest BCUT2D eigenvalue weighted by atomic mass is 16.5. The van der Waals surface area contributed by atoms with Crippen molar-refractivity contribution >= 4 is 0 Å². The lowest BCUT2D eigenvalue weighted by molar-refractivity contribution is 0.410. The van der Waals surface area contributed by atoms with Gasteiger partial charge in [0.2, 0.25) is 0 Å². The second-order valence-electron chi connectivity index (χ2n) is 4.72. The first-order valence-corrected chi connectivity index (χ1v) is 6.27. The Kier molecular flexibility index (Phi) is 3.98. The van der Waals surface area contributed by atoms with Crippen molar-refractivity contribution in [2.75, 3.05) is 7.11 Å². The standard InChI is InChI=1S/C16H19NO/c1-12(2)13-8-9-17-15(10-13)11-14-6-4-5-7-16(14)18-3/h4-10,12H,11H2,1-3H3. The van der Waals surface area contributed by atoms with E-state index in [9.17, 15) is 0 Å². The Morgan fingerprint density at radius 2 is 1.94 bits per heavy atom. The second kappa shape index (κ2) is 5.67. The third-order valence-corrected chi connectivity index (χ3v) is 3.07. The van der Waals surface area contributed by atoms with Gasteiger partial charge in [0.15, 0.2) is 0 Å². The zero-order valence-electron chi connectivity index (χ0n) is 11.2. The van der Waals surface area contributed by atoms with E-state index in [1.54, 1.807) is 7.11 Å². The van der Waals surface area contributed by atoms with Crippen LogP contribution < -0.4 is 4.74 Å². The fraction of sp³-hybridized carbons (Fsp3) is 0.312. The molecule has 94 valence electrons. The maximum Gasteiger partial charge on any atom is 0.122 e. The summed E-state index contributed by atoms with van der Waals surface area (Å²) in [6, 6.07) is 12.3. The first-order chi connectivity index (χ1) is 8.70. The summed E-state index contributed by atoms with van der Waals surface area (Å²) in [5.74, 6) is 1.46. The summed E-state index contributed by atoms with van der Waals surface area (Å²) in [6.45, 7) is 4.39. The molecule has 2 rings (SSSR count). The molecule has 1 aromatic heterocycles. The molecule has 0 saturated heterocycles. The number of hydrogen-bond acceptors (Lipinski definition) is 2. The van der Waals surface area contributed by atoms with Crippen molar-refractivity contribution in [3.8, 4) is 5.75 Å². The minimum atomic E-state index is 0.532. The molecule has 18 heavy (non-hydrogen) atoms. The van der Waals surface area contributed by atoms with Gasteiger partial charge in [0.25, 0.3) is 0 Å². The summed E-state index contributed by atoms with van der Waals surface area (Å²) < 4.78 is 5.37. The lowest BCUT2D eigenvalue weighted by atomic mass is 10.0. The Labute approximate surface area is 109 Å². The average molecular weight is 241 g/mol. The summed E-state index contributed by atoms with van der Waals surface area (Å²) in [6.07, 6.45) is 2.70. The number of ether oxygens (including phenoxy) is 1. The molecule has 2 heteroatoms. The van der Waals surface area contributed by atoms with E-state index < -0.39 is 0 Å². The highest BCUT2D eigenvalue weighted by Crippen LogP contribution is 2.21. The van der Waals surface area contributed by atoms with Crippen molar-refractivity contribution in [2.24, 2.45) is 0 Å². The maximum absolute atomic E-state index is 5.37. The number of hydrogen-bond donors (Lipinski definition) is 0. The highest BCUT2D eigenvalue weighted by molar-refractivity contribution is 5.36. The number of benzene rings is 1. The molecule has 0 bridgehead atoms. The van der Waals surface area contributed by atoms with Crippen molar-refractivity contribution in [1.82, 2.24) is 4.98 Å². The van der Waals surface area contributed by atoms with E-state index in [4.69, 9.17) is 4.74 Å². The van der Waals surface area contributed by atoms with E-state index in [2.05, 4.69) is 37.0 Å². The number of methoxy groups -OCH3 is 1. The Bertz CT molecular complexity index is 520. The van der Waals surface area contributed by atoms with Gasteiger partial charge in [-0.3, -0.25) is 4.98 Å². The highest BCUT2D eigenvalue weighted by Gasteiger charge is 2.06. The molecule has 2 nitrogen and oxygen atoms in total. The van der Waals surface area contributed by atoms with Gasteiger partial charge >= 0.3 is 0 Å². The van der Waals surface area contributed by atoms with Crippen LogP contribution in [0.15, 0.2) is 42.6 Å². The van der Waals surface area contributed by atoms with Crippen molar-refractivity contribution < 1.29 is 4.74 Å². The zero-order chi connectivity index (χ0) is 13.0. The number of rotatable bonds is 4. The average Bonchev–Trinajstić information content (AvgIpc) is 2.39. The van der Waals surface area contributed by atoms with E-state index >= 15 is 0 Å². The minimum Gasteiger partial charge on any atom is -0.496 e. The van der Waals surface area contributed by atoms with Gasteiger partial charge in [-0.2, -0.15) is 0 Å². The zero-order valence-corrected chi connectivity index (χ0v) is 11.2. The number of aromatic nitrogens is 1. The molecule has 0 aliphatic heterocycles. The molecule has 2 aromatic rings. The topological polar surface area (TPSA) is 22.1 Å². The molecule has 0 amide bonds. The predicted molar refractivity (Wildman–Crippen MR) is 74.1 cm³/mol. The normalized spacial score (nSPS) is 10.7. The fourth-order valence-corrected chi connectivity index (χ4v) is 2.00. The van der Waals surface area contributed by atoms with Gasteiger partial charge in [-0.15, -0.1) is 0 Å². The fourth-order valence-electron chi connectivity index (χ4n) is 2.00. The summed E-state index contributed by atoms with van der Waals surface area (Å²) in [5.41, 5.74) is 3.59. The Hall–Kier alpha value is -1.83. The van der Waals surface area contributed by atoms with Gasteiger partial charge in [-0.25, -0.2) is 0 Å². The number of pyridine rings is 1. The van der Waals surface area contributed by atoms with Gasteiger partial charge in [-0.1, -0.05) is 32.0 Å². The quantitative estimate of drug-likeness (QED) is 0.812. The third-order valence-electron chi connectivity index (χ3n) is 3.07. The summed E-state index contributed by atoms with van der Waals surface area (Å²) >= 11 is 0. The van der Waals surface area contributed by atoms with Crippen LogP contribution in [0.25, 0.3) is 0 Å². The number of para-hydroxylation sites is 1. The minimum absolute atomic E-state index is 0.532. The lowest BCUT2D eigenvalue weighted by Gasteiger charge is -2.10. The molecule has 0 aliphatic rings. The monoisotopic (exact) mass is 241 g/mol. The first kappa shape index (κ1) is 12.6. The molecule has 0 spiro atoms. The van der Waals surface area contributed by atoms with Crippen LogP contribution in [0.3, 0.4) is 0 Å². The van der Waals surface area contributed by atoms with Gasteiger partial charge in [0.1, 0.15) is 5.75 Å². The van der Waals surface area contributed by atoms with Crippen LogP contribution in [0, 0.1) is 0 Å². The molecule has 1 heterocycles. The van der Waals surface area contributed by atoms with Gasteiger partial charge in [0, 0.05) is 23.9 Å². The van der Waals surface area contributed by atoms with Crippen LogP contribution in [-0.4, -0.2) is 12.1 Å². The van der Waals surface area contributed by atoms with Crippen LogP contribution in [0.5, 0.6) is 5.75 Å². The third kappa shape index (κ3) is 2.89. The van der Waals surface area contributed by atoms with Crippen LogP contribution in [0.4, 0.5) is 0 Å². The van der Waals surface area contributed by atoms with E-state index in [0.29, 0.717) is 5.92 Å². The van der Waals surface area contributed by atoms with Crippen molar-refractivity contribution in [2.45, 2.75) is 26.2 Å². The van der Waals surface area contributed by atoms with Crippen LogP contribution in [0.1, 0.15) is 36.6 Å². The SMILES string of the molecule is COc1ccccc1Cc1cc(C(C)C)ccn1. The van der Waals surface area contributed by atoms with Crippen LogP contribution >= 0.6 is 0 Å². The molecule has 0 saturated carbocycles. The van der Waals surface area contributed by atoms with E-state index in [1.165, 1.54) is 11.1 Å². The van der Waals surface area contributed by atoms with E-state index in [-0.39, 0.29) is 0 Å².